The Bertz CT molecular complexity index is 2520. The first-order valence-electron chi connectivity index (χ1n) is 17.4. The van der Waals surface area contributed by atoms with Crippen LogP contribution in [-0.2, 0) is 5.41 Å². The summed E-state index contributed by atoms with van der Waals surface area (Å²) in [4.78, 5) is 14.6. The van der Waals surface area contributed by atoms with E-state index in [2.05, 4.69) is 158 Å². The highest BCUT2D eigenvalue weighted by atomic mass is 14.9. The number of nitrogens with zero attached hydrogens (tertiary/aromatic N) is 3. The second-order valence-electron chi connectivity index (χ2n) is 13.7. The molecule has 6 aromatic carbocycles. The van der Waals surface area contributed by atoms with Gasteiger partial charge in [-0.3, -0.25) is 4.98 Å². The number of rotatable bonds is 6. The van der Waals surface area contributed by atoms with Crippen molar-refractivity contribution in [2.75, 3.05) is 0 Å². The van der Waals surface area contributed by atoms with Gasteiger partial charge in [-0.1, -0.05) is 135 Å². The van der Waals surface area contributed by atoms with Crippen LogP contribution < -0.4 is 0 Å². The summed E-state index contributed by atoms with van der Waals surface area (Å²) >= 11 is 0. The molecular formula is C48H35N3. The molecule has 0 fully saturated rings. The van der Waals surface area contributed by atoms with Crippen LogP contribution >= 0.6 is 0 Å². The zero-order valence-corrected chi connectivity index (χ0v) is 28.6. The molecule has 242 valence electrons. The molecule has 0 amide bonds. The fourth-order valence-corrected chi connectivity index (χ4v) is 7.48. The third kappa shape index (κ3) is 5.63. The maximum Gasteiger partial charge on any atom is 0.160 e. The molecule has 51 heavy (non-hydrogen) atoms. The monoisotopic (exact) mass is 653 g/mol. The summed E-state index contributed by atoms with van der Waals surface area (Å²) in [6, 6.07) is 58.2. The summed E-state index contributed by atoms with van der Waals surface area (Å²) in [5.41, 5.74) is 17.0. The Kier molecular flexibility index (Phi) is 7.48. The first-order valence-corrected chi connectivity index (χ1v) is 17.4. The molecular weight excluding hydrogens is 619 g/mol. The molecule has 9 rings (SSSR count). The van der Waals surface area contributed by atoms with Crippen LogP contribution in [0.1, 0.15) is 25.0 Å². The minimum atomic E-state index is -0.0427. The lowest BCUT2D eigenvalue weighted by Crippen LogP contribution is -2.14. The van der Waals surface area contributed by atoms with Gasteiger partial charge in [0.15, 0.2) is 5.82 Å². The van der Waals surface area contributed by atoms with E-state index >= 15 is 0 Å². The summed E-state index contributed by atoms with van der Waals surface area (Å²) in [6.07, 6.45) is 3.71. The average Bonchev–Trinajstić information content (AvgIpc) is 3.44. The van der Waals surface area contributed by atoms with Crippen LogP contribution in [0.15, 0.2) is 176 Å². The van der Waals surface area contributed by atoms with Crippen molar-refractivity contribution in [3.63, 3.8) is 0 Å². The Hall–Kier alpha value is -6.45. The number of aromatic nitrogens is 3. The van der Waals surface area contributed by atoms with Gasteiger partial charge in [-0.2, -0.15) is 0 Å². The van der Waals surface area contributed by atoms with E-state index in [1.807, 2.05) is 36.7 Å². The van der Waals surface area contributed by atoms with Crippen LogP contribution in [0.25, 0.3) is 78.4 Å². The van der Waals surface area contributed by atoms with E-state index < -0.39 is 0 Å². The normalized spacial score (nSPS) is 12.7. The molecule has 1 aliphatic rings. The maximum absolute atomic E-state index is 5.22. The molecule has 3 heteroatoms. The molecule has 0 saturated carbocycles. The minimum absolute atomic E-state index is 0.0427. The van der Waals surface area contributed by atoms with Crippen LogP contribution in [0.5, 0.6) is 0 Å². The fourth-order valence-electron chi connectivity index (χ4n) is 7.48. The molecule has 0 spiro atoms. The quantitative estimate of drug-likeness (QED) is 0.179. The SMILES string of the molecule is CC1(C)c2ccccc2-c2cc(-c3cc(-c4ccncc4)cc(-c4cc(-c5ccc(-c6ccccc6)cc5)nc(-c5ccccc5)n4)c3)ccc21. The van der Waals surface area contributed by atoms with E-state index in [1.165, 1.54) is 38.9 Å². The molecule has 0 saturated heterocycles. The molecule has 0 radical (unpaired) electrons. The number of hydrogen-bond donors (Lipinski definition) is 0. The van der Waals surface area contributed by atoms with E-state index in [-0.39, 0.29) is 5.41 Å². The van der Waals surface area contributed by atoms with E-state index in [9.17, 15) is 0 Å². The van der Waals surface area contributed by atoms with Gasteiger partial charge >= 0.3 is 0 Å². The Morgan fingerprint density at radius 3 is 1.59 bits per heavy atom. The largest absolute Gasteiger partial charge is 0.265 e. The topological polar surface area (TPSA) is 38.7 Å². The lowest BCUT2D eigenvalue weighted by atomic mass is 9.82. The van der Waals surface area contributed by atoms with E-state index in [1.54, 1.807) is 0 Å². The Morgan fingerprint density at radius 1 is 0.353 bits per heavy atom. The van der Waals surface area contributed by atoms with Crippen molar-refractivity contribution in [1.82, 2.24) is 15.0 Å². The molecule has 2 aromatic heterocycles. The predicted molar refractivity (Wildman–Crippen MR) is 210 cm³/mol. The zero-order chi connectivity index (χ0) is 34.4. The lowest BCUT2D eigenvalue weighted by molar-refractivity contribution is 0.660. The smallest absolute Gasteiger partial charge is 0.160 e. The van der Waals surface area contributed by atoms with Gasteiger partial charge in [-0.25, -0.2) is 9.97 Å². The van der Waals surface area contributed by atoms with Gasteiger partial charge in [0.05, 0.1) is 11.4 Å². The Labute approximate surface area is 299 Å². The summed E-state index contributed by atoms with van der Waals surface area (Å²) in [7, 11) is 0. The van der Waals surface area contributed by atoms with Crippen molar-refractivity contribution in [3.05, 3.63) is 187 Å². The molecule has 0 atom stereocenters. The number of hydrogen-bond acceptors (Lipinski definition) is 3. The molecule has 0 bridgehead atoms. The maximum atomic E-state index is 5.22. The first-order chi connectivity index (χ1) is 25.0. The number of fused-ring (bicyclic) bond motifs is 3. The highest BCUT2D eigenvalue weighted by Gasteiger charge is 2.35. The van der Waals surface area contributed by atoms with E-state index in [0.29, 0.717) is 5.82 Å². The van der Waals surface area contributed by atoms with Crippen molar-refractivity contribution in [2.24, 2.45) is 0 Å². The standard InChI is InChI=1S/C48H35N3/c1-48(2)43-16-10-9-15-41(43)42-30-37(21-22-44(42)48)39-27-38(34-23-25-49-26-24-34)28-40(29-39)46-31-45(50-47(51-46)36-13-7-4-8-14-36)35-19-17-33(18-20-35)32-11-5-3-6-12-32/h3-31H,1-2H3. The van der Waals surface area contributed by atoms with Crippen LogP contribution in [-0.4, -0.2) is 15.0 Å². The third-order valence-electron chi connectivity index (χ3n) is 10.2. The molecule has 3 nitrogen and oxygen atoms in total. The number of benzene rings is 6. The summed E-state index contributed by atoms with van der Waals surface area (Å²) < 4.78 is 0. The van der Waals surface area contributed by atoms with Crippen LogP contribution in [0.2, 0.25) is 0 Å². The first kappa shape index (κ1) is 30.6. The molecule has 1 aliphatic carbocycles. The molecule has 0 N–H and O–H groups in total. The molecule has 0 unspecified atom stereocenters. The van der Waals surface area contributed by atoms with Gasteiger partial charge in [0.25, 0.3) is 0 Å². The van der Waals surface area contributed by atoms with Gasteiger partial charge in [0.1, 0.15) is 0 Å². The van der Waals surface area contributed by atoms with Crippen LogP contribution in [0.3, 0.4) is 0 Å². The predicted octanol–water partition coefficient (Wildman–Crippen LogP) is 12.2. The highest BCUT2D eigenvalue weighted by molar-refractivity contribution is 5.87. The summed E-state index contributed by atoms with van der Waals surface area (Å²) in [5.74, 6) is 0.697. The van der Waals surface area contributed by atoms with Crippen LogP contribution in [0.4, 0.5) is 0 Å². The minimum Gasteiger partial charge on any atom is -0.265 e. The van der Waals surface area contributed by atoms with Crippen molar-refractivity contribution >= 4 is 0 Å². The molecule has 8 aromatic rings. The van der Waals surface area contributed by atoms with Crippen LogP contribution in [0, 0.1) is 0 Å². The van der Waals surface area contributed by atoms with Crippen molar-refractivity contribution in [1.29, 1.82) is 0 Å². The second kappa shape index (κ2) is 12.5. The van der Waals surface area contributed by atoms with Crippen molar-refractivity contribution in [3.8, 4) is 78.4 Å². The average molecular weight is 654 g/mol. The van der Waals surface area contributed by atoms with Crippen molar-refractivity contribution < 1.29 is 0 Å². The van der Waals surface area contributed by atoms with Gasteiger partial charge in [0.2, 0.25) is 0 Å². The van der Waals surface area contributed by atoms with Gasteiger partial charge in [-0.15, -0.1) is 0 Å². The Balaban J connectivity index is 1.21. The van der Waals surface area contributed by atoms with E-state index in [0.717, 1.165) is 44.8 Å². The summed E-state index contributed by atoms with van der Waals surface area (Å²) in [6.45, 7) is 4.65. The fraction of sp³-hybridized carbons (Fsp3) is 0.0625. The van der Waals surface area contributed by atoms with E-state index in [4.69, 9.17) is 9.97 Å². The van der Waals surface area contributed by atoms with Gasteiger partial charge in [0, 0.05) is 34.5 Å². The van der Waals surface area contributed by atoms with Gasteiger partial charge < -0.3 is 0 Å². The number of pyridine rings is 1. The molecule has 2 heterocycles. The Morgan fingerprint density at radius 2 is 0.863 bits per heavy atom. The summed E-state index contributed by atoms with van der Waals surface area (Å²) in [5, 5.41) is 0. The lowest BCUT2D eigenvalue weighted by Gasteiger charge is -2.21. The van der Waals surface area contributed by atoms with Crippen molar-refractivity contribution in [2.45, 2.75) is 19.3 Å². The highest BCUT2D eigenvalue weighted by Crippen LogP contribution is 2.49. The van der Waals surface area contributed by atoms with Gasteiger partial charge in [-0.05, 0) is 98.1 Å². The second-order valence-corrected chi connectivity index (χ2v) is 13.7. The zero-order valence-electron chi connectivity index (χ0n) is 28.6. The third-order valence-corrected chi connectivity index (χ3v) is 10.2. The molecule has 0 aliphatic heterocycles.